The predicted octanol–water partition coefficient (Wildman–Crippen LogP) is 1.68. The van der Waals surface area contributed by atoms with Crippen LogP contribution in [0.2, 0.25) is 0 Å². The molecule has 11 heteroatoms. The summed E-state index contributed by atoms with van der Waals surface area (Å²) >= 11 is 0. The summed E-state index contributed by atoms with van der Waals surface area (Å²) in [5.74, 6) is -0.238. The maximum atomic E-state index is 13.0. The molecule has 0 radical (unpaired) electrons. The Morgan fingerprint density at radius 3 is 2.66 bits per heavy atom. The average Bonchev–Trinajstić information content (AvgIpc) is 2.95. The second kappa shape index (κ2) is 11.2. The topological polar surface area (TPSA) is 136 Å². The number of rotatable bonds is 9. The summed E-state index contributed by atoms with van der Waals surface area (Å²) in [6.07, 6.45) is 4.59. The van der Waals surface area contributed by atoms with Crippen LogP contribution in [0.4, 0.5) is 5.95 Å². The number of aromatic nitrogens is 4. The molecule has 1 amide bonds. The van der Waals surface area contributed by atoms with Crippen molar-refractivity contribution in [3.8, 4) is 0 Å². The van der Waals surface area contributed by atoms with Crippen LogP contribution in [0.3, 0.4) is 0 Å². The van der Waals surface area contributed by atoms with E-state index in [4.69, 9.17) is 4.98 Å². The van der Waals surface area contributed by atoms with Crippen molar-refractivity contribution >= 4 is 45.6 Å². The molecular formula is C27H28N8O3. The van der Waals surface area contributed by atoms with Crippen LogP contribution in [0.5, 0.6) is 0 Å². The van der Waals surface area contributed by atoms with Crippen molar-refractivity contribution in [2.45, 2.75) is 6.42 Å². The molecule has 1 aliphatic heterocycles. The molecule has 3 heterocycles. The van der Waals surface area contributed by atoms with E-state index in [1.807, 2.05) is 42.3 Å². The fraction of sp³-hybridized carbons (Fsp3) is 0.259. The molecule has 38 heavy (non-hydrogen) atoms. The van der Waals surface area contributed by atoms with Gasteiger partial charge in [0.1, 0.15) is 0 Å². The van der Waals surface area contributed by atoms with Gasteiger partial charge in [-0.1, -0.05) is 30.3 Å². The normalized spacial score (nSPS) is 13.2. The van der Waals surface area contributed by atoms with Gasteiger partial charge in [-0.3, -0.25) is 15.1 Å². The van der Waals surface area contributed by atoms with Crippen LogP contribution >= 0.6 is 0 Å². The molecule has 0 bridgehead atoms. The van der Waals surface area contributed by atoms with Crippen molar-refractivity contribution in [1.82, 2.24) is 20.3 Å². The number of pyridine rings is 1. The number of benzene rings is 2. The number of likely N-dealkylation sites (N-methyl/N-ethyl adjacent to an activating group) is 1. The average molecular weight is 513 g/mol. The Balaban J connectivity index is 1.15. The minimum Gasteiger partial charge on any atom is -0.739 e. The van der Waals surface area contributed by atoms with Crippen molar-refractivity contribution in [2.75, 3.05) is 45.1 Å². The lowest BCUT2D eigenvalue weighted by atomic mass is 10.0. The van der Waals surface area contributed by atoms with Crippen molar-refractivity contribution in [3.05, 3.63) is 82.3 Å². The molecule has 2 aromatic carbocycles. The molecule has 0 spiro atoms. The number of anilines is 1. The zero-order chi connectivity index (χ0) is 26.5. The van der Waals surface area contributed by atoms with Crippen molar-refractivity contribution in [1.29, 1.82) is 0 Å². The molecule has 11 nitrogen and oxygen atoms in total. The highest BCUT2D eigenvalue weighted by Gasteiger charge is 2.19. The van der Waals surface area contributed by atoms with E-state index in [2.05, 4.69) is 20.7 Å². The number of hydrogen-bond donors (Lipinski definition) is 2. The lowest BCUT2D eigenvalue weighted by Gasteiger charge is -2.17. The Morgan fingerprint density at radius 2 is 1.84 bits per heavy atom. The van der Waals surface area contributed by atoms with Gasteiger partial charge in [-0.2, -0.15) is 0 Å². The van der Waals surface area contributed by atoms with Crippen LogP contribution in [0.15, 0.2) is 65.7 Å². The summed E-state index contributed by atoms with van der Waals surface area (Å²) in [6, 6.07) is 16.1. The molecule has 0 atom stereocenters. The van der Waals surface area contributed by atoms with E-state index in [-0.39, 0.29) is 22.9 Å². The number of amides is 1. The van der Waals surface area contributed by atoms with Gasteiger partial charge in [-0.15, -0.1) is 0 Å². The Bertz CT molecular complexity index is 1550. The second-order valence-corrected chi connectivity index (χ2v) is 9.04. The first kappa shape index (κ1) is 25.0. The van der Waals surface area contributed by atoms with Gasteiger partial charge < -0.3 is 20.6 Å². The highest BCUT2D eigenvalue weighted by molar-refractivity contribution is 6.05. The van der Waals surface area contributed by atoms with Crippen LogP contribution in [0.25, 0.3) is 27.5 Å². The fourth-order valence-corrected chi connectivity index (χ4v) is 4.33. The Hall–Kier alpha value is -4.64. The first-order valence-electron chi connectivity index (χ1n) is 12.4. The number of para-hydroxylation sites is 3. The standard InChI is InChI=1S/C27H28N8O3/c1-33(18-16-30-27-32-35(38)24-8-3-2-7-23(24)34(27)37)17-15-29-26(36)21-6-4-5-20-9-10-22(31-25(20)21)19-11-13-28-14-12-19/h2-11,13H,12,14-18H2,1H3,(H,29,36)(H,30,32). The number of allylic oxidation sites excluding steroid dienone is 1. The largest absolute Gasteiger partial charge is 0.739 e. The molecule has 4 aromatic rings. The van der Waals surface area contributed by atoms with Gasteiger partial charge in [0, 0.05) is 48.7 Å². The van der Waals surface area contributed by atoms with Gasteiger partial charge in [0.15, 0.2) is 5.52 Å². The zero-order valence-electron chi connectivity index (χ0n) is 21.0. The van der Waals surface area contributed by atoms with Gasteiger partial charge in [0.25, 0.3) is 11.4 Å². The molecule has 0 unspecified atom stereocenters. The first-order valence-corrected chi connectivity index (χ1v) is 12.4. The van der Waals surface area contributed by atoms with Gasteiger partial charge in [-0.25, -0.2) is 9.71 Å². The number of hydrogen-bond acceptors (Lipinski definition) is 8. The van der Waals surface area contributed by atoms with E-state index in [0.29, 0.717) is 46.8 Å². The minimum absolute atomic E-state index is 0.0560. The monoisotopic (exact) mass is 512 g/mol. The third-order valence-corrected chi connectivity index (χ3v) is 6.43. The fourth-order valence-electron chi connectivity index (χ4n) is 4.33. The number of aliphatic imine (C=N–C) groups is 1. The van der Waals surface area contributed by atoms with Gasteiger partial charge in [-0.05, 0) is 43.3 Å². The molecular weight excluding hydrogens is 484 g/mol. The number of fused-ring (bicyclic) bond motifs is 2. The van der Waals surface area contributed by atoms with E-state index in [9.17, 15) is 15.2 Å². The lowest BCUT2D eigenvalue weighted by Crippen LogP contribution is -2.45. The molecule has 194 valence electrons. The van der Waals surface area contributed by atoms with E-state index in [0.717, 1.165) is 29.6 Å². The quantitative estimate of drug-likeness (QED) is 0.257. The van der Waals surface area contributed by atoms with Crippen LogP contribution in [0.1, 0.15) is 22.5 Å². The highest BCUT2D eigenvalue weighted by atomic mass is 16.5. The number of nitrogens with one attached hydrogen (secondary N) is 2. The zero-order valence-corrected chi connectivity index (χ0v) is 21.0. The number of carbonyl (C=O) groups is 1. The highest BCUT2D eigenvalue weighted by Crippen LogP contribution is 2.23. The lowest BCUT2D eigenvalue weighted by molar-refractivity contribution is -0.672. The Kier molecular flexibility index (Phi) is 7.36. The minimum atomic E-state index is -0.182. The molecule has 0 saturated carbocycles. The maximum Gasteiger partial charge on any atom is 0.461 e. The van der Waals surface area contributed by atoms with E-state index in [1.165, 1.54) is 0 Å². The van der Waals surface area contributed by atoms with Gasteiger partial charge in [0.2, 0.25) is 5.10 Å². The first-order chi connectivity index (χ1) is 18.5. The van der Waals surface area contributed by atoms with Crippen molar-refractivity contribution < 1.29 is 14.4 Å². The number of carbonyl (C=O) groups excluding carboxylic acids is 1. The summed E-state index contributed by atoms with van der Waals surface area (Å²) in [4.78, 5) is 24.5. The molecule has 1 aliphatic rings. The smallest absolute Gasteiger partial charge is 0.461 e. The second-order valence-electron chi connectivity index (χ2n) is 9.04. The summed E-state index contributed by atoms with van der Waals surface area (Å²) in [7, 11) is 1.91. The maximum absolute atomic E-state index is 13.0. The summed E-state index contributed by atoms with van der Waals surface area (Å²) in [5, 5.41) is 35.2. The molecule has 0 aliphatic carbocycles. The van der Waals surface area contributed by atoms with Gasteiger partial charge >= 0.3 is 5.95 Å². The molecule has 0 fully saturated rings. The van der Waals surface area contributed by atoms with Crippen LogP contribution in [0, 0.1) is 10.4 Å². The summed E-state index contributed by atoms with van der Waals surface area (Å²) in [6.45, 7) is 2.73. The predicted molar refractivity (Wildman–Crippen MR) is 146 cm³/mol. The molecule has 2 aromatic heterocycles. The third kappa shape index (κ3) is 5.37. The van der Waals surface area contributed by atoms with Crippen LogP contribution in [-0.2, 0) is 0 Å². The SMILES string of the molecule is CN(CCNC(=O)c1cccc2ccc(C3=CC=NCC3)nc12)CCNc1n[n+]([O-])c2ccccc2[n+]1[O-]. The molecule has 5 rings (SSSR count). The molecule has 2 N–H and O–H groups in total. The van der Waals surface area contributed by atoms with Crippen molar-refractivity contribution in [2.24, 2.45) is 4.99 Å². The van der Waals surface area contributed by atoms with Gasteiger partial charge in [0.05, 0.1) is 23.3 Å². The van der Waals surface area contributed by atoms with E-state index >= 15 is 0 Å². The molecule has 0 saturated heterocycles. The van der Waals surface area contributed by atoms with Crippen LogP contribution in [-0.4, -0.2) is 66.9 Å². The Morgan fingerprint density at radius 1 is 1.03 bits per heavy atom. The van der Waals surface area contributed by atoms with E-state index < -0.39 is 0 Å². The third-order valence-electron chi connectivity index (χ3n) is 6.43. The number of nitrogens with zero attached hydrogens (tertiary/aromatic N) is 6. The van der Waals surface area contributed by atoms with Crippen molar-refractivity contribution in [3.63, 3.8) is 0 Å². The Labute approximate surface area is 219 Å². The number of dihydropyridines is 1. The summed E-state index contributed by atoms with van der Waals surface area (Å²) < 4.78 is 0.617. The van der Waals surface area contributed by atoms with Crippen LogP contribution < -0.4 is 20.2 Å². The van der Waals surface area contributed by atoms with E-state index in [1.54, 1.807) is 36.5 Å². The summed E-state index contributed by atoms with van der Waals surface area (Å²) in [5.41, 5.74) is 3.63.